The van der Waals surface area contributed by atoms with Gasteiger partial charge in [-0.25, -0.2) is 0 Å². The third-order valence-electron chi connectivity index (χ3n) is 3.23. The highest BCUT2D eigenvalue weighted by Gasteiger charge is 2.00. The first-order valence-corrected chi connectivity index (χ1v) is 7.32. The molecule has 0 saturated heterocycles. The Labute approximate surface area is 122 Å². The first-order chi connectivity index (χ1) is 9.76. The summed E-state index contributed by atoms with van der Waals surface area (Å²) in [5.74, 6) is 0.919. The van der Waals surface area contributed by atoms with E-state index in [4.69, 9.17) is 9.47 Å². The maximum atomic E-state index is 5.15. The second-order valence-corrected chi connectivity index (χ2v) is 5.00. The number of aryl methyl sites for hydroxylation is 1. The fourth-order valence-corrected chi connectivity index (χ4v) is 2.00. The van der Waals surface area contributed by atoms with Crippen LogP contribution in [0.4, 0.5) is 0 Å². The average Bonchev–Trinajstić information content (AvgIpc) is 2.49. The first kappa shape index (κ1) is 17.0. The minimum absolute atomic E-state index is 0.489. The summed E-state index contributed by atoms with van der Waals surface area (Å²) >= 11 is 0. The van der Waals surface area contributed by atoms with Gasteiger partial charge in [-0.3, -0.25) is 0 Å². The summed E-state index contributed by atoms with van der Waals surface area (Å²) in [5, 5.41) is 6.88. The molecule has 0 aromatic heterocycles. The topological polar surface area (TPSA) is 42.5 Å². The highest BCUT2D eigenvalue weighted by molar-refractivity contribution is 5.27. The van der Waals surface area contributed by atoms with Gasteiger partial charge in [-0.05, 0) is 44.0 Å². The van der Waals surface area contributed by atoms with Crippen LogP contribution in [0.1, 0.15) is 18.9 Å². The van der Waals surface area contributed by atoms with Gasteiger partial charge in [0.1, 0.15) is 5.75 Å². The largest absolute Gasteiger partial charge is 0.497 e. The van der Waals surface area contributed by atoms with Crippen molar-refractivity contribution in [3.63, 3.8) is 0 Å². The van der Waals surface area contributed by atoms with E-state index in [2.05, 4.69) is 29.7 Å². The molecule has 0 fully saturated rings. The highest BCUT2D eigenvalue weighted by atomic mass is 16.5. The molecule has 1 aromatic carbocycles. The number of benzene rings is 1. The number of hydrogen-bond donors (Lipinski definition) is 2. The zero-order valence-electron chi connectivity index (χ0n) is 12.9. The fraction of sp³-hybridized carbons (Fsp3) is 0.625. The molecule has 0 amide bonds. The van der Waals surface area contributed by atoms with Crippen molar-refractivity contribution in [2.24, 2.45) is 0 Å². The smallest absolute Gasteiger partial charge is 0.118 e. The monoisotopic (exact) mass is 280 g/mol. The molecule has 1 atom stereocenters. The van der Waals surface area contributed by atoms with E-state index in [0.29, 0.717) is 6.04 Å². The SMILES string of the molecule is COCCNCC(C)NCCCc1ccc(OC)cc1. The van der Waals surface area contributed by atoms with Crippen molar-refractivity contribution in [1.29, 1.82) is 0 Å². The van der Waals surface area contributed by atoms with Crippen molar-refractivity contribution in [2.45, 2.75) is 25.8 Å². The Morgan fingerprint density at radius 3 is 2.50 bits per heavy atom. The molecule has 2 N–H and O–H groups in total. The highest BCUT2D eigenvalue weighted by Crippen LogP contribution is 2.12. The molecule has 0 saturated carbocycles. The zero-order chi connectivity index (χ0) is 14.6. The summed E-state index contributed by atoms with van der Waals surface area (Å²) in [5.41, 5.74) is 1.36. The summed E-state index contributed by atoms with van der Waals surface area (Å²) in [6.07, 6.45) is 2.25. The van der Waals surface area contributed by atoms with Crippen LogP contribution in [0.25, 0.3) is 0 Å². The van der Waals surface area contributed by atoms with Crippen molar-refractivity contribution in [3.8, 4) is 5.75 Å². The van der Waals surface area contributed by atoms with E-state index >= 15 is 0 Å². The lowest BCUT2D eigenvalue weighted by Crippen LogP contribution is -2.37. The summed E-state index contributed by atoms with van der Waals surface area (Å²) in [7, 11) is 3.42. The number of rotatable bonds is 11. The lowest BCUT2D eigenvalue weighted by atomic mass is 10.1. The normalized spacial score (nSPS) is 12.3. The Bertz CT molecular complexity index is 341. The summed E-state index contributed by atoms with van der Waals surface area (Å²) in [6.45, 7) is 5.90. The lowest BCUT2D eigenvalue weighted by Gasteiger charge is -2.14. The van der Waals surface area contributed by atoms with Crippen molar-refractivity contribution < 1.29 is 9.47 Å². The van der Waals surface area contributed by atoms with Crippen LogP contribution in [-0.2, 0) is 11.2 Å². The van der Waals surface area contributed by atoms with Crippen molar-refractivity contribution in [2.75, 3.05) is 40.5 Å². The molecule has 0 heterocycles. The molecule has 1 aromatic rings. The molecular formula is C16H28N2O2. The van der Waals surface area contributed by atoms with Crippen LogP contribution in [0.15, 0.2) is 24.3 Å². The number of hydrogen-bond acceptors (Lipinski definition) is 4. The molecule has 0 radical (unpaired) electrons. The number of methoxy groups -OCH3 is 2. The van der Waals surface area contributed by atoms with Crippen LogP contribution < -0.4 is 15.4 Å². The molecule has 1 unspecified atom stereocenters. The van der Waals surface area contributed by atoms with Gasteiger partial charge in [0.2, 0.25) is 0 Å². The Hall–Kier alpha value is -1.10. The van der Waals surface area contributed by atoms with Crippen LogP contribution >= 0.6 is 0 Å². The zero-order valence-corrected chi connectivity index (χ0v) is 12.9. The first-order valence-electron chi connectivity index (χ1n) is 7.32. The third kappa shape index (κ3) is 7.48. The molecular weight excluding hydrogens is 252 g/mol. The summed E-state index contributed by atoms with van der Waals surface area (Å²) in [4.78, 5) is 0. The van der Waals surface area contributed by atoms with Crippen molar-refractivity contribution in [3.05, 3.63) is 29.8 Å². The van der Waals surface area contributed by atoms with E-state index in [0.717, 1.165) is 44.8 Å². The Morgan fingerprint density at radius 2 is 1.85 bits per heavy atom. The molecule has 4 nitrogen and oxygen atoms in total. The third-order valence-corrected chi connectivity index (χ3v) is 3.23. The van der Waals surface area contributed by atoms with Gasteiger partial charge in [0.05, 0.1) is 13.7 Å². The molecule has 0 aliphatic heterocycles. The minimum Gasteiger partial charge on any atom is -0.497 e. The van der Waals surface area contributed by atoms with E-state index in [1.54, 1.807) is 14.2 Å². The van der Waals surface area contributed by atoms with Crippen molar-refractivity contribution >= 4 is 0 Å². The van der Waals surface area contributed by atoms with Gasteiger partial charge in [0.15, 0.2) is 0 Å². The molecule has 1 rings (SSSR count). The predicted octanol–water partition coefficient (Wildman–Crippen LogP) is 1.84. The van der Waals surface area contributed by atoms with Gasteiger partial charge in [-0.15, -0.1) is 0 Å². The molecule has 0 spiro atoms. The summed E-state index contributed by atoms with van der Waals surface area (Å²) < 4.78 is 10.1. The van der Waals surface area contributed by atoms with E-state index < -0.39 is 0 Å². The van der Waals surface area contributed by atoms with Crippen LogP contribution in [0.3, 0.4) is 0 Å². The lowest BCUT2D eigenvalue weighted by molar-refractivity contribution is 0.198. The molecule has 0 aliphatic carbocycles. The Kier molecular flexibility index (Phi) is 9.04. The number of ether oxygens (including phenoxy) is 2. The van der Waals surface area contributed by atoms with Crippen LogP contribution in [0.2, 0.25) is 0 Å². The van der Waals surface area contributed by atoms with Crippen LogP contribution in [-0.4, -0.2) is 46.5 Å². The average molecular weight is 280 g/mol. The maximum Gasteiger partial charge on any atom is 0.118 e. The molecule has 20 heavy (non-hydrogen) atoms. The van der Waals surface area contributed by atoms with E-state index in [1.165, 1.54) is 5.56 Å². The van der Waals surface area contributed by atoms with Gasteiger partial charge >= 0.3 is 0 Å². The van der Waals surface area contributed by atoms with Gasteiger partial charge in [-0.2, -0.15) is 0 Å². The number of nitrogens with one attached hydrogen (secondary N) is 2. The van der Waals surface area contributed by atoms with Gasteiger partial charge in [-0.1, -0.05) is 12.1 Å². The molecule has 114 valence electrons. The standard InChI is InChI=1S/C16H28N2O2/c1-14(13-17-11-12-19-2)18-10-4-5-15-6-8-16(20-3)9-7-15/h6-9,14,17-18H,4-5,10-13H2,1-3H3. The second-order valence-electron chi connectivity index (χ2n) is 5.00. The van der Waals surface area contributed by atoms with Crippen LogP contribution in [0.5, 0.6) is 5.75 Å². The second kappa shape index (κ2) is 10.7. The summed E-state index contributed by atoms with van der Waals surface area (Å²) in [6, 6.07) is 8.79. The molecule has 0 bridgehead atoms. The van der Waals surface area contributed by atoms with E-state index in [1.807, 2.05) is 12.1 Å². The van der Waals surface area contributed by atoms with E-state index in [9.17, 15) is 0 Å². The van der Waals surface area contributed by atoms with Gasteiger partial charge < -0.3 is 20.1 Å². The van der Waals surface area contributed by atoms with Gasteiger partial charge in [0, 0.05) is 26.2 Å². The Balaban J connectivity index is 2.05. The minimum atomic E-state index is 0.489. The van der Waals surface area contributed by atoms with Crippen molar-refractivity contribution in [1.82, 2.24) is 10.6 Å². The predicted molar refractivity (Wildman–Crippen MR) is 83.5 cm³/mol. The molecule has 0 aliphatic rings. The maximum absolute atomic E-state index is 5.15. The Morgan fingerprint density at radius 1 is 1.10 bits per heavy atom. The fourth-order valence-electron chi connectivity index (χ4n) is 2.00. The quantitative estimate of drug-likeness (QED) is 0.607. The van der Waals surface area contributed by atoms with Gasteiger partial charge in [0.25, 0.3) is 0 Å². The molecule has 4 heteroatoms. The van der Waals surface area contributed by atoms with Crippen LogP contribution in [0, 0.1) is 0 Å². The van der Waals surface area contributed by atoms with E-state index in [-0.39, 0.29) is 0 Å².